The van der Waals surface area contributed by atoms with Gasteiger partial charge in [-0.15, -0.1) is 0 Å². The number of aromatic nitrogens is 2. The molecule has 0 aliphatic heterocycles. The van der Waals surface area contributed by atoms with Gasteiger partial charge in [0.15, 0.2) is 5.82 Å². The zero-order valence-electron chi connectivity index (χ0n) is 10.7. The van der Waals surface area contributed by atoms with Gasteiger partial charge < -0.3 is 15.6 Å². The topological polar surface area (TPSA) is 94.0 Å². The summed E-state index contributed by atoms with van der Waals surface area (Å²) in [6.07, 6.45) is 0.518. The highest BCUT2D eigenvalue weighted by Gasteiger charge is 2.14. The summed E-state index contributed by atoms with van der Waals surface area (Å²) in [5, 5.41) is 6.50. The Kier molecular flexibility index (Phi) is 4.25. The lowest BCUT2D eigenvalue weighted by atomic mass is 10.1. The third kappa shape index (κ3) is 3.62. The molecule has 0 saturated heterocycles. The van der Waals surface area contributed by atoms with Crippen LogP contribution in [0.25, 0.3) is 0 Å². The van der Waals surface area contributed by atoms with Crippen molar-refractivity contribution in [1.29, 1.82) is 0 Å². The molecule has 3 N–H and O–H groups in total. The Bertz CT molecular complexity index is 539. The van der Waals surface area contributed by atoms with Crippen molar-refractivity contribution in [1.82, 2.24) is 15.5 Å². The molecule has 1 aromatic heterocycles. The number of nitrogens with one attached hydrogen (secondary N) is 1. The number of hydrogen-bond donors (Lipinski definition) is 2. The van der Waals surface area contributed by atoms with Crippen LogP contribution in [0.3, 0.4) is 0 Å². The van der Waals surface area contributed by atoms with Crippen LogP contribution in [0.5, 0.6) is 0 Å². The number of amides is 1. The van der Waals surface area contributed by atoms with Gasteiger partial charge in [-0.3, -0.25) is 4.79 Å². The molecular formula is C13H16N4O2. The maximum Gasteiger partial charge on any atom is 0.241 e. The summed E-state index contributed by atoms with van der Waals surface area (Å²) in [5.74, 6) is 0.875. The summed E-state index contributed by atoms with van der Waals surface area (Å²) >= 11 is 0. The predicted molar refractivity (Wildman–Crippen MR) is 69.1 cm³/mol. The van der Waals surface area contributed by atoms with Crippen molar-refractivity contribution in [3.63, 3.8) is 0 Å². The lowest BCUT2D eigenvalue weighted by Crippen LogP contribution is -2.35. The van der Waals surface area contributed by atoms with Gasteiger partial charge in [-0.05, 0) is 5.56 Å². The van der Waals surface area contributed by atoms with Crippen LogP contribution in [0, 0.1) is 6.92 Å². The summed E-state index contributed by atoms with van der Waals surface area (Å²) < 4.78 is 4.84. The van der Waals surface area contributed by atoms with E-state index < -0.39 is 6.04 Å². The van der Waals surface area contributed by atoms with Gasteiger partial charge >= 0.3 is 0 Å². The van der Waals surface area contributed by atoms with Gasteiger partial charge in [0.25, 0.3) is 0 Å². The molecule has 0 bridgehead atoms. The number of aryl methyl sites for hydroxylation is 1. The first-order valence-electron chi connectivity index (χ1n) is 6.04. The van der Waals surface area contributed by atoms with Gasteiger partial charge in [0.1, 0.15) is 6.04 Å². The summed E-state index contributed by atoms with van der Waals surface area (Å²) in [6, 6.07) is 8.58. The molecule has 0 unspecified atom stereocenters. The van der Waals surface area contributed by atoms with E-state index >= 15 is 0 Å². The summed E-state index contributed by atoms with van der Waals surface area (Å²) in [4.78, 5) is 15.9. The van der Waals surface area contributed by atoms with Crippen LogP contribution in [0.1, 0.15) is 23.3 Å². The van der Waals surface area contributed by atoms with Crippen molar-refractivity contribution in [3.8, 4) is 0 Å². The number of carbonyl (C=O) groups excluding carboxylic acids is 1. The summed E-state index contributed by atoms with van der Waals surface area (Å²) in [6.45, 7) is 2.15. The Labute approximate surface area is 111 Å². The molecule has 1 atom stereocenters. The minimum Gasteiger partial charge on any atom is -0.354 e. The van der Waals surface area contributed by atoms with Crippen molar-refractivity contribution in [3.05, 3.63) is 47.6 Å². The molecule has 1 aromatic carbocycles. The standard InChI is InChI=1S/C13H16N4O2/c1-9-16-11(17-19-9)7-8-15-13(18)12(14)10-5-3-2-4-6-10/h2-6,12H,7-8,14H2,1H3,(H,15,18)/t12-/m0/s1. The maximum atomic E-state index is 11.8. The van der Waals surface area contributed by atoms with Crippen molar-refractivity contribution < 1.29 is 9.32 Å². The molecule has 0 spiro atoms. The molecule has 6 heteroatoms. The number of rotatable bonds is 5. The second-order valence-corrected chi connectivity index (χ2v) is 4.16. The van der Waals surface area contributed by atoms with E-state index in [2.05, 4.69) is 15.5 Å². The lowest BCUT2D eigenvalue weighted by molar-refractivity contribution is -0.122. The largest absolute Gasteiger partial charge is 0.354 e. The van der Waals surface area contributed by atoms with Gasteiger partial charge in [-0.2, -0.15) is 4.98 Å². The molecule has 0 aliphatic carbocycles. The highest BCUT2D eigenvalue weighted by atomic mass is 16.5. The molecule has 19 heavy (non-hydrogen) atoms. The molecule has 0 saturated carbocycles. The number of carbonyl (C=O) groups is 1. The van der Waals surface area contributed by atoms with E-state index in [9.17, 15) is 4.79 Å². The van der Waals surface area contributed by atoms with E-state index in [4.69, 9.17) is 10.3 Å². The van der Waals surface area contributed by atoms with E-state index in [1.165, 1.54) is 0 Å². The average molecular weight is 260 g/mol. The van der Waals surface area contributed by atoms with Gasteiger partial charge in [-0.25, -0.2) is 0 Å². The van der Waals surface area contributed by atoms with Gasteiger partial charge in [-0.1, -0.05) is 35.5 Å². The third-order valence-corrected chi connectivity index (χ3v) is 2.66. The van der Waals surface area contributed by atoms with Crippen LogP contribution in [0.15, 0.2) is 34.9 Å². The van der Waals surface area contributed by atoms with Crippen molar-refractivity contribution in [2.75, 3.05) is 6.54 Å². The minimum absolute atomic E-state index is 0.216. The van der Waals surface area contributed by atoms with Crippen LogP contribution in [0.2, 0.25) is 0 Å². The molecule has 100 valence electrons. The number of hydrogen-bond acceptors (Lipinski definition) is 5. The van der Waals surface area contributed by atoms with Gasteiger partial charge in [0, 0.05) is 19.9 Å². The van der Waals surface area contributed by atoms with Crippen molar-refractivity contribution in [2.45, 2.75) is 19.4 Å². The Hall–Kier alpha value is -2.21. The van der Waals surface area contributed by atoms with Crippen molar-refractivity contribution in [2.24, 2.45) is 5.73 Å². The van der Waals surface area contributed by atoms with Gasteiger partial charge in [0.2, 0.25) is 11.8 Å². The summed E-state index contributed by atoms with van der Waals surface area (Å²) in [5.41, 5.74) is 6.65. The predicted octanol–water partition coefficient (Wildman–Crippen LogP) is 0.737. The van der Waals surface area contributed by atoms with Crippen LogP contribution in [-0.4, -0.2) is 22.6 Å². The normalized spacial score (nSPS) is 12.1. The summed E-state index contributed by atoms with van der Waals surface area (Å²) in [7, 11) is 0. The fourth-order valence-corrected chi connectivity index (χ4v) is 1.66. The third-order valence-electron chi connectivity index (χ3n) is 2.66. The van der Waals surface area contributed by atoms with Gasteiger partial charge in [0.05, 0.1) is 0 Å². The monoisotopic (exact) mass is 260 g/mol. The molecule has 2 rings (SSSR count). The molecule has 6 nitrogen and oxygen atoms in total. The van der Waals surface area contributed by atoms with Crippen LogP contribution >= 0.6 is 0 Å². The highest BCUT2D eigenvalue weighted by Crippen LogP contribution is 2.09. The molecular weight excluding hydrogens is 244 g/mol. The van der Waals surface area contributed by atoms with E-state index in [1.807, 2.05) is 30.3 Å². The lowest BCUT2D eigenvalue weighted by Gasteiger charge is -2.11. The second-order valence-electron chi connectivity index (χ2n) is 4.16. The molecule has 0 aliphatic rings. The highest BCUT2D eigenvalue weighted by molar-refractivity contribution is 5.82. The number of nitrogens with zero attached hydrogens (tertiary/aromatic N) is 2. The average Bonchev–Trinajstić information content (AvgIpc) is 2.84. The van der Waals surface area contributed by atoms with Crippen molar-refractivity contribution >= 4 is 5.91 Å². The molecule has 0 fully saturated rings. The van der Waals surface area contributed by atoms with E-state index in [1.54, 1.807) is 6.92 Å². The van der Waals surface area contributed by atoms with Crippen LogP contribution < -0.4 is 11.1 Å². The SMILES string of the molecule is Cc1nc(CCNC(=O)[C@@H](N)c2ccccc2)no1. The zero-order valence-corrected chi connectivity index (χ0v) is 10.7. The van der Waals surface area contributed by atoms with Crippen LogP contribution in [-0.2, 0) is 11.2 Å². The first-order chi connectivity index (χ1) is 9.16. The molecule has 1 heterocycles. The zero-order chi connectivity index (χ0) is 13.7. The quantitative estimate of drug-likeness (QED) is 0.826. The fourth-order valence-electron chi connectivity index (χ4n) is 1.66. The number of benzene rings is 1. The van der Waals surface area contributed by atoms with E-state index in [-0.39, 0.29) is 5.91 Å². The van der Waals surface area contributed by atoms with Crippen LogP contribution in [0.4, 0.5) is 0 Å². The molecule has 2 aromatic rings. The minimum atomic E-state index is -0.659. The Morgan fingerprint density at radius 3 is 2.79 bits per heavy atom. The Balaban J connectivity index is 1.81. The van der Waals surface area contributed by atoms with E-state index in [0.717, 1.165) is 5.56 Å². The Morgan fingerprint density at radius 2 is 2.16 bits per heavy atom. The molecule has 0 radical (unpaired) electrons. The fraction of sp³-hybridized carbons (Fsp3) is 0.308. The molecule has 1 amide bonds. The second kappa shape index (κ2) is 6.10. The first-order valence-corrected chi connectivity index (χ1v) is 6.04. The maximum absolute atomic E-state index is 11.8. The van der Waals surface area contributed by atoms with E-state index in [0.29, 0.717) is 24.7 Å². The smallest absolute Gasteiger partial charge is 0.241 e. The Morgan fingerprint density at radius 1 is 1.42 bits per heavy atom. The first kappa shape index (κ1) is 13.2. The number of nitrogens with two attached hydrogens (primary N) is 1.